The summed E-state index contributed by atoms with van der Waals surface area (Å²) in [7, 11) is 1.15. The number of imidazole rings is 1. The van der Waals surface area contributed by atoms with Gasteiger partial charge >= 0.3 is 11.4 Å². The van der Waals surface area contributed by atoms with Gasteiger partial charge in [-0.25, -0.2) is 18.7 Å². The molecule has 1 N–H and O–H groups in total. The fraction of sp³-hybridized carbons (Fsp3) is 0.420. The van der Waals surface area contributed by atoms with Crippen molar-refractivity contribution in [3.63, 3.8) is 0 Å². The molecule has 3 aromatic carbocycles. The van der Waals surface area contributed by atoms with Crippen molar-refractivity contribution in [3.8, 4) is 17.2 Å². The monoisotopic (exact) mass is 929 g/mol. The van der Waals surface area contributed by atoms with Gasteiger partial charge in [-0.3, -0.25) is 23.4 Å². The maximum absolute atomic E-state index is 15.4. The Labute approximate surface area is 387 Å². The highest BCUT2D eigenvalue weighted by Crippen LogP contribution is 2.58. The number of benzene rings is 3. The average molecular weight is 930 g/mol. The summed E-state index contributed by atoms with van der Waals surface area (Å²) in [6.45, 7) is 13.1. The Morgan fingerprint density at radius 3 is 2.36 bits per heavy atom. The number of aromatic nitrogens is 7. The van der Waals surface area contributed by atoms with Crippen molar-refractivity contribution in [2.45, 2.75) is 90.6 Å². The van der Waals surface area contributed by atoms with E-state index in [2.05, 4.69) is 32.9 Å². The number of nitrogens with zero attached hydrogens (tertiary/aromatic N) is 8. The molecule has 0 radical (unpaired) electrons. The molecule has 1 saturated carbocycles. The number of hydrogen-bond acceptors (Lipinski definition) is 9. The number of H-pyrrole nitrogens is 1. The highest BCUT2D eigenvalue weighted by Gasteiger charge is 2.57. The van der Waals surface area contributed by atoms with Crippen molar-refractivity contribution < 1.29 is 23.0 Å². The SMILES string of the molecule is CCP(=O)(CC)c1ccc(-n2ccn(-c3c4c(nn3-c3cc(C)c(F)c(C)c3)CCN(C(=O)c3cc5cc(C6CCOCC6)ccc5n3[C@H]3C[C@]3(C)c3noc(=O)[nH]3)[C@H]4C)c2=O)cc1N(C)C. The second-order valence-electron chi connectivity index (χ2n) is 19.0. The fourth-order valence-electron chi connectivity index (χ4n) is 10.7. The van der Waals surface area contributed by atoms with Crippen molar-refractivity contribution in [1.82, 2.24) is 38.5 Å². The van der Waals surface area contributed by atoms with Crippen LogP contribution in [0, 0.1) is 19.7 Å². The first-order valence-corrected chi connectivity index (χ1v) is 25.3. The molecule has 17 heteroatoms. The van der Waals surface area contributed by atoms with E-state index in [9.17, 15) is 14.2 Å². The predicted octanol–water partition coefficient (Wildman–Crippen LogP) is 7.85. The zero-order valence-electron chi connectivity index (χ0n) is 39.3. The van der Waals surface area contributed by atoms with Gasteiger partial charge in [0.25, 0.3) is 5.91 Å². The summed E-state index contributed by atoms with van der Waals surface area (Å²) in [5, 5.41) is 10.9. The van der Waals surface area contributed by atoms with E-state index in [-0.39, 0.29) is 23.5 Å². The van der Waals surface area contributed by atoms with Gasteiger partial charge in [0.05, 0.1) is 28.5 Å². The lowest BCUT2D eigenvalue weighted by atomic mass is 9.91. The molecule has 10 rings (SSSR count). The first-order chi connectivity index (χ1) is 32.1. The van der Waals surface area contributed by atoms with Crippen LogP contribution in [0.3, 0.4) is 0 Å². The molecule has 0 unspecified atom stereocenters. The van der Waals surface area contributed by atoms with Crippen LogP contribution in [0.1, 0.15) is 109 Å². The molecule has 15 nitrogen and oxygen atoms in total. The van der Waals surface area contributed by atoms with Crippen LogP contribution in [-0.2, 0) is 21.1 Å². The maximum atomic E-state index is 15.4. The number of nitrogens with one attached hydrogen (secondary N) is 1. The average Bonchev–Trinajstić information content (AvgIpc) is 3.81. The van der Waals surface area contributed by atoms with Crippen molar-refractivity contribution in [1.29, 1.82) is 0 Å². The Balaban J connectivity index is 1.09. The van der Waals surface area contributed by atoms with Crippen molar-refractivity contribution in [3.05, 3.63) is 133 Å². The number of halogens is 1. The molecular formula is C50H57FN9O6P. The number of rotatable bonds is 11. The molecule has 0 bridgehead atoms. The number of hydrogen-bond donors (Lipinski definition) is 1. The second-order valence-corrected chi connectivity index (χ2v) is 22.5. The van der Waals surface area contributed by atoms with E-state index in [0.29, 0.717) is 96.2 Å². The molecule has 2 fully saturated rings. The molecule has 7 aromatic rings. The molecule has 1 amide bonds. The molecule has 2 aliphatic heterocycles. The highest BCUT2D eigenvalue weighted by molar-refractivity contribution is 7.71. The van der Waals surface area contributed by atoms with Gasteiger partial charge in [-0.2, -0.15) is 5.10 Å². The number of ether oxygens (including phenoxy) is 1. The summed E-state index contributed by atoms with van der Waals surface area (Å²) in [4.78, 5) is 49.0. The van der Waals surface area contributed by atoms with Crippen LogP contribution < -0.4 is 21.7 Å². The summed E-state index contributed by atoms with van der Waals surface area (Å²) < 4.78 is 46.7. The lowest BCUT2D eigenvalue weighted by Crippen LogP contribution is -2.40. The summed E-state index contributed by atoms with van der Waals surface area (Å²) in [5.74, 6) is 0.112. The van der Waals surface area contributed by atoms with E-state index < -0.39 is 24.4 Å². The third-order valence-corrected chi connectivity index (χ3v) is 18.1. The Bertz CT molecular complexity index is 3240. The zero-order chi connectivity index (χ0) is 47.3. The minimum Gasteiger partial charge on any atom is -0.381 e. The molecule has 350 valence electrons. The number of amides is 1. The molecule has 3 aliphatic rings. The smallest absolute Gasteiger partial charge is 0.381 e. The Hall–Kier alpha value is -6.25. The van der Waals surface area contributed by atoms with E-state index in [1.54, 1.807) is 52.2 Å². The predicted molar refractivity (Wildman–Crippen MR) is 257 cm³/mol. The largest absolute Gasteiger partial charge is 0.438 e. The van der Waals surface area contributed by atoms with Crippen molar-refractivity contribution >= 4 is 34.9 Å². The van der Waals surface area contributed by atoms with Crippen LogP contribution in [0.4, 0.5) is 10.1 Å². The highest BCUT2D eigenvalue weighted by atomic mass is 31.2. The Morgan fingerprint density at radius 1 is 0.970 bits per heavy atom. The summed E-state index contributed by atoms with van der Waals surface area (Å²) in [6, 6.07) is 16.8. The van der Waals surface area contributed by atoms with E-state index in [1.807, 2.05) is 75.9 Å². The van der Waals surface area contributed by atoms with Gasteiger partial charge in [0, 0.05) is 98.5 Å². The van der Waals surface area contributed by atoms with Gasteiger partial charge in [-0.1, -0.05) is 32.0 Å². The fourth-order valence-corrected chi connectivity index (χ4v) is 12.8. The first-order valence-electron chi connectivity index (χ1n) is 23.3. The second kappa shape index (κ2) is 16.5. The molecule has 3 atom stereocenters. The van der Waals surface area contributed by atoms with Gasteiger partial charge < -0.3 is 23.7 Å². The van der Waals surface area contributed by atoms with Crippen LogP contribution in [0.2, 0.25) is 0 Å². The zero-order valence-corrected chi connectivity index (χ0v) is 40.2. The minimum absolute atomic E-state index is 0.185. The summed E-state index contributed by atoms with van der Waals surface area (Å²) in [6.07, 6.45) is 7.35. The number of carbonyl (C=O) groups excluding carboxylic acids is 1. The number of aromatic amines is 1. The van der Waals surface area contributed by atoms with Crippen LogP contribution >= 0.6 is 7.14 Å². The number of fused-ring (bicyclic) bond motifs is 2. The summed E-state index contributed by atoms with van der Waals surface area (Å²) >= 11 is 0. The Kier molecular flexibility index (Phi) is 11.0. The van der Waals surface area contributed by atoms with E-state index in [1.165, 1.54) is 5.56 Å². The van der Waals surface area contributed by atoms with Crippen LogP contribution in [0.5, 0.6) is 0 Å². The van der Waals surface area contributed by atoms with Crippen molar-refractivity contribution in [2.24, 2.45) is 0 Å². The number of carbonyl (C=O) groups is 1. The lowest BCUT2D eigenvalue weighted by Gasteiger charge is -2.34. The molecule has 6 heterocycles. The molecule has 1 saturated heterocycles. The molecular weight excluding hydrogens is 873 g/mol. The maximum Gasteiger partial charge on any atom is 0.438 e. The standard InChI is InChI=1S/C50H57FN9O6P/c1-9-67(64,10-2)41-14-12-35(27-39(41)55(7)8)57-19-20-58(49(57)63)45-43-31(5)56(18-15-37(43)53-60(45)36-23-29(3)44(51)30(4)24-36)46(61)40-26-34-25-33(32-16-21-65-22-17-32)11-13-38(34)59(40)42-28-50(42,6)47-52-48(62)66-54-47/h11-14,19-20,23-27,31-32,42H,9-10,15-18,21-22,28H2,1-8H3,(H,52,54,62)/t31-,42-,50-/m0/s1. The van der Waals surface area contributed by atoms with Gasteiger partial charge in [0.2, 0.25) is 0 Å². The van der Waals surface area contributed by atoms with Crippen LogP contribution in [-0.4, -0.2) is 90.6 Å². The number of anilines is 1. The van der Waals surface area contributed by atoms with Gasteiger partial charge in [-0.05, 0) is 111 Å². The van der Waals surface area contributed by atoms with E-state index >= 15 is 9.18 Å². The first kappa shape index (κ1) is 44.6. The lowest BCUT2D eigenvalue weighted by molar-refractivity contribution is 0.0666. The van der Waals surface area contributed by atoms with Crippen molar-refractivity contribution in [2.75, 3.05) is 51.1 Å². The number of aryl methyl sites for hydroxylation is 2. The summed E-state index contributed by atoms with van der Waals surface area (Å²) in [5.41, 5.74) is 5.93. The molecule has 67 heavy (non-hydrogen) atoms. The molecule has 0 spiro atoms. The van der Waals surface area contributed by atoms with Gasteiger partial charge in [-0.15, -0.1) is 0 Å². The van der Waals surface area contributed by atoms with Crippen LogP contribution in [0.25, 0.3) is 28.1 Å². The third kappa shape index (κ3) is 7.25. The third-order valence-electron chi connectivity index (χ3n) is 14.8. The van der Waals surface area contributed by atoms with Crippen LogP contribution in [0.15, 0.2) is 81.1 Å². The van der Waals surface area contributed by atoms with Gasteiger partial charge in [0.1, 0.15) is 24.5 Å². The van der Waals surface area contributed by atoms with E-state index in [4.69, 9.17) is 14.4 Å². The van der Waals surface area contributed by atoms with Gasteiger partial charge in [0.15, 0.2) is 5.82 Å². The topological polar surface area (TPSA) is 158 Å². The minimum atomic E-state index is -2.66. The molecule has 4 aromatic heterocycles. The molecule has 1 aliphatic carbocycles. The van der Waals surface area contributed by atoms with E-state index in [0.717, 1.165) is 40.4 Å². The quantitative estimate of drug-likeness (QED) is 0.128. The Morgan fingerprint density at radius 2 is 1.69 bits per heavy atom. The normalized spacial score (nSPS) is 19.9.